The van der Waals surface area contributed by atoms with Crippen molar-refractivity contribution in [3.05, 3.63) is 41.0 Å². The second-order valence-corrected chi connectivity index (χ2v) is 7.96. The van der Waals surface area contributed by atoms with Crippen molar-refractivity contribution in [2.45, 2.75) is 52.2 Å². The number of rotatable bonds is 2. The maximum absolute atomic E-state index is 12.5. The van der Waals surface area contributed by atoms with Gasteiger partial charge in [-0.2, -0.15) is 0 Å². The second kappa shape index (κ2) is 6.90. The summed E-state index contributed by atoms with van der Waals surface area (Å²) in [6.45, 7) is 10.8. The van der Waals surface area contributed by atoms with E-state index < -0.39 is 5.60 Å². The smallest absolute Gasteiger partial charge is 0.410 e. The van der Waals surface area contributed by atoms with Gasteiger partial charge in [0.1, 0.15) is 5.60 Å². The standard InChI is InChI=1S/C20H27NO4/c1-19(2,3)25-18(23)21-12-15-9-7-8-14(10-11-16(22)24-6)17(15)20(4,5)13-21/h7-11H,12-13H2,1-6H3/b11-10+. The average molecular weight is 345 g/mol. The lowest BCUT2D eigenvalue weighted by Crippen LogP contribution is -2.47. The Morgan fingerprint density at radius 1 is 1.24 bits per heavy atom. The Hall–Kier alpha value is -2.30. The van der Waals surface area contributed by atoms with Crippen LogP contribution < -0.4 is 0 Å². The van der Waals surface area contributed by atoms with E-state index in [1.807, 2.05) is 39.0 Å². The van der Waals surface area contributed by atoms with Gasteiger partial charge in [-0.1, -0.05) is 32.0 Å². The highest BCUT2D eigenvalue weighted by Gasteiger charge is 2.36. The molecule has 2 rings (SSSR count). The Morgan fingerprint density at radius 2 is 1.92 bits per heavy atom. The first-order valence-corrected chi connectivity index (χ1v) is 8.40. The SMILES string of the molecule is COC(=O)/C=C/c1cccc2c1C(C)(C)CN(C(=O)OC(C)(C)C)C2. The molecule has 0 radical (unpaired) electrons. The lowest BCUT2D eigenvalue weighted by atomic mass is 9.76. The molecule has 1 aliphatic heterocycles. The van der Waals surface area contributed by atoms with E-state index in [1.54, 1.807) is 11.0 Å². The van der Waals surface area contributed by atoms with Gasteiger partial charge in [-0.05, 0) is 43.5 Å². The van der Waals surface area contributed by atoms with Gasteiger partial charge in [-0.15, -0.1) is 0 Å². The van der Waals surface area contributed by atoms with E-state index in [4.69, 9.17) is 4.74 Å². The van der Waals surface area contributed by atoms with Crippen LogP contribution in [0.25, 0.3) is 6.08 Å². The Balaban J connectivity index is 2.35. The van der Waals surface area contributed by atoms with Crippen LogP contribution in [0.15, 0.2) is 24.3 Å². The van der Waals surface area contributed by atoms with Crippen LogP contribution in [0.4, 0.5) is 4.79 Å². The number of carbonyl (C=O) groups excluding carboxylic acids is 2. The summed E-state index contributed by atoms with van der Waals surface area (Å²) >= 11 is 0. The molecule has 1 heterocycles. The number of ether oxygens (including phenoxy) is 2. The number of methoxy groups -OCH3 is 1. The van der Waals surface area contributed by atoms with Crippen LogP contribution in [0.5, 0.6) is 0 Å². The summed E-state index contributed by atoms with van der Waals surface area (Å²) in [4.78, 5) is 25.6. The fraction of sp³-hybridized carbons (Fsp3) is 0.500. The number of hydrogen-bond acceptors (Lipinski definition) is 4. The van der Waals surface area contributed by atoms with Gasteiger partial charge in [0.05, 0.1) is 7.11 Å². The normalized spacial score (nSPS) is 16.5. The van der Waals surface area contributed by atoms with Crippen molar-refractivity contribution in [2.75, 3.05) is 13.7 Å². The molecule has 5 nitrogen and oxygen atoms in total. The molecule has 0 atom stereocenters. The zero-order valence-electron chi connectivity index (χ0n) is 15.9. The van der Waals surface area contributed by atoms with E-state index in [0.717, 1.165) is 16.7 Å². The average Bonchev–Trinajstić information content (AvgIpc) is 2.49. The third-order valence-corrected chi connectivity index (χ3v) is 4.06. The minimum absolute atomic E-state index is 0.262. The van der Waals surface area contributed by atoms with Crippen LogP contribution in [0.3, 0.4) is 0 Å². The minimum atomic E-state index is -0.521. The van der Waals surface area contributed by atoms with Crippen molar-refractivity contribution in [3.63, 3.8) is 0 Å². The van der Waals surface area contributed by atoms with Crippen molar-refractivity contribution in [3.8, 4) is 0 Å². The summed E-state index contributed by atoms with van der Waals surface area (Å²) in [6, 6.07) is 5.93. The number of esters is 1. The number of hydrogen-bond donors (Lipinski definition) is 0. The third-order valence-electron chi connectivity index (χ3n) is 4.06. The molecule has 0 saturated heterocycles. The lowest BCUT2D eigenvalue weighted by Gasteiger charge is -2.41. The second-order valence-electron chi connectivity index (χ2n) is 7.96. The molecule has 0 bridgehead atoms. The Bertz CT molecular complexity index is 698. The number of carbonyl (C=O) groups is 2. The van der Waals surface area contributed by atoms with Gasteiger partial charge in [0.15, 0.2) is 0 Å². The van der Waals surface area contributed by atoms with E-state index in [-0.39, 0.29) is 17.5 Å². The maximum Gasteiger partial charge on any atom is 0.410 e. The Labute approximate surface area is 149 Å². The quantitative estimate of drug-likeness (QED) is 0.602. The molecule has 0 saturated carbocycles. The van der Waals surface area contributed by atoms with Crippen LogP contribution in [0, 0.1) is 0 Å². The van der Waals surface area contributed by atoms with E-state index in [2.05, 4.69) is 18.6 Å². The topological polar surface area (TPSA) is 55.8 Å². The van der Waals surface area contributed by atoms with Crippen LogP contribution in [-0.4, -0.2) is 36.2 Å². The van der Waals surface area contributed by atoms with E-state index >= 15 is 0 Å². The first-order chi connectivity index (χ1) is 11.5. The zero-order chi connectivity index (χ0) is 18.8. The molecular weight excluding hydrogens is 318 g/mol. The highest BCUT2D eigenvalue weighted by molar-refractivity contribution is 5.87. The zero-order valence-corrected chi connectivity index (χ0v) is 15.9. The Kier molecular flexibility index (Phi) is 5.26. The summed E-state index contributed by atoms with van der Waals surface area (Å²) in [5.74, 6) is -0.387. The van der Waals surface area contributed by atoms with Gasteiger partial charge in [-0.3, -0.25) is 0 Å². The van der Waals surface area contributed by atoms with Crippen LogP contribution in [-0.2, 0) is 26.2 Å². The van der Waals surface area contributed by atoms with E-state index in [1.165, 1.54) is 13.2 Å². The van der Waals surface area contributed by atoms with Gasteiger partial charge in [0.25, 0.3) is 0 Å². The first kappa shape index (κ1) is 19.0. The molecule has 136 valence electrons. The molecule has 0 unspecified atom stereocenters. The third kappa shape index (κ3) is 4.62. The molecule has 0 N–H and O–H groups in total. The van der Waals surface area contributed by atoms with Crippen molar-refractivity contribution in [2.24, 2.45) is 0 Å². The highest BCUT2D eigenvalue weighted by Crippen LogP contribution is 2.37. The van der Waals surface area contributed by atoms with Crippen LogP contribution in [0.2, 0.25) is 0 Å². The summed E-state index contributed by atoms with van der Waals surface area (Å²) in [7, 11) is 1.36. The fourth-order valence-electron chi connectivity index (χ4n) is 3.22. The molecule has 1 aliphatic rings. The number of fused-ring (bicyclic) bond motifs is 1. The first-order valence-electron chi connectivity index (χ1n) is 8.40. The van der Waals surface area contributed by atoms with E-state index in [0.29, 0.717) is 13.1 Å². The number of nitrogens with zero attached hydrogens (tertiary/aromatic N) is 1. The van der Waals surface area contributed by atoms with E-state index in [9.17, 15) is 9.59 Å². The van der Waals surface area contributed by atoms with Crippen LogP contribution >= 0.6 is 0 Å². The summed E-state index contributed by atoms with van der Waals surface area (Å²) in [5.41, 5.74) is 2.40. The largest absolute Gasteiger partial charge is 0.466 e. The van der Waals surface area contributed by atoms with Gasteiger partial charge >= 0.3 is 12.1 Å². The van der Waals surface area contributed by atoms with Crippen molar-refractivity contribution < 1.29 is 19.1 Å². The molecule has 0 spiro atoms. The van der Waals surface area contributed by atoms with Crippen molar-refractivity contribution >= 4 is 18.1 Å². The number of benzene rings is 1. The van der Waals surface area contributed by atoms with Crippen molar-refractivity contribution in [1.29, 1.82) is 0 Å². The van der Waals surface area contributed by atoms with Crippen LogP contribution in [0.1, 0.15) is 51.3 Å². The van der Waals surface area contributed by atoms with Gasteiger partial charge in [-0.25, -0.2) is 9.59 Å². The monoisotopic (exact) mass is 345 g/mol. The molecule has 0 aromatic heterocycles. The summed E-state index contributed by atoms with van der Waals surface area (Å²) < 4.78 is 10.2. The molecule has 25 heavy (non-hydrogen) atoms. The highest BCUT2D eigenvalue weighted by atomic mass is 16.6. The number of amides is 1. The van der Waals surface area contributed by atoms with Gasteiger partial charge < -0.3 is 14.4 Å². The molecular formula is C20H27NO4. The lowest BCUT2D eigenvalue weighted by molar-refractivity contribution is -0.134. The molecule has 0 aliphatic carbocycles. The minimum Gasteiger partial charge on any atom is -0.466 e. The van der Waals surface area contributed by atoms with Crippen molar-refractivity contribution in [1.82, 2.24) is 4.90 Å². The van der Waals surface area contributed by atoms with Gasteiger partial charge in [0.2, 0.25) is 0 Å². The molecule has 1 aromatic carbocycles. The molecule has 1 aromatic rings. The molecule has 0 fully saturated rings. The summed E-state index contributed by atoms with van der Waals surface area (Å²) in [5, 5.41) is 0. The molecule has 5 heteroatoms. The Morgan fingerprint density at radius 3 is 2.52 bits per heavy atom. The predicted molar refractivity (Wildman–Crippen MR) is 97.2 cm³/mol. The maximum atomic E-state index is 12.5. The van der Waals surface area contributed by atoms with Gasteiger partial charge in [0, 0.05) is 24.6 Å². The molecule has 1 amide bonds. The predicted octanol–water partition coefficient (Wildman–Crippen LogP) is 3.90. The summed E-state index contributed by atoms with van der Waals surface area (Å²) in [6.07, 6.45) is 2.89. The fourth-order valence-corrected chi connectivity index (χ4v) is 3.22.